The Kier molecular flexibility index (Phi) is 4.62. The Morgan fingerprint density at radius 3 is 2.86 bits per heavy atom. The van der Waals surface area contributed by atoms with Crippen LogP contribution in [0.1, 0.15) is 53.6 Å². The summed E-state index contributed by atoms with van der Waals surface area (Å²) in [7, 11) is 0. The van der Waals surface area contributed by atoms with Crippen LogP contribution in [0.5, 0.6) is 0 Å². The fraction of sp³-hybridized carbons (Fsp3) is 0.409. The molecule has 1 aliphatic carbocycles. The summed E-state index contributed by atoms with van der Waals surface area (Å²) in [4.78, 5) is 31.0. The standard InChI is InChI=1S/C22H24N2O3S/c1-22(2,3)15-7-8-16-17(10-15)28-19-18(16)20(25)24(12-23-19)11-13-5-4-6-14(9-13)21(26)27/h4-6,9,12,15H,7-8,10-11H2,1-3H3,(H,26,27)/t15-/m1/s1. The zero-order valence-electron chi connectivity index (χ0n) is 16.4. The van der Waals surface area contributed by atoms with Crippen molar-refractivity contribution in [1.82, 2.24) is 9.55 Å². The highest BCUT2D eigenvalue weighted by Crippen LogP contribution is 2.41. The van der Waals surface area contributed by atoms with Crippen LogP contribution in [0.25, 0.3) is 10.2 Å². The molecule has 2 heterocycles. The van der Waals surface area contributed by atoms with E-state index >= 15 is 0 Å². The number of aryl methyl sites for hydroxylation is 1. The molecule has 0 amide bonds. The van der Waals surface area contributed by atoms with Crippen LogP contribution in [0.3, 0.4) is 0 Å². The van der Waals surface area contributed by atoms with E-state index in [0.717, 1.165) is 35.0 Å². The lowest BCUT2D eigenvalue weighted by Crippen LogP contribution is -2.27. The molecule has 3 aromatic rings. The molecule has 0 fully saturated rings. The third-order valence-corrected chi connectivity index (χ3v) is 6.95. The maximum absolute atomic E-state index is 13.2. The van der Waals surface area contributed by atoms with E-state index in [1.165, 1.54) is 10.4 Å². The van der Waals surface area contributed by atoms with Crippen molar-refractivity contribution in [2.45, 2.75) is 46.6 Å². The average molecular weight is 397 g/mol. The van der Waals surface area contributed by atoms with Crippen molar-refractivity contribution < 1.29 is 9.90 Å². The van der Waals surface area contributed by atoms with Crippen LogP contribution < -0.4 is 5.56 Å². The summed E-state index contributed by atoms with van der Waals surface area (Å²) < 4.78 is 1.59. The Labute approximate surface area is 167 Å². The maximum atomic E-state index is 13.2. The first kappa shape index (κ1) is 18.9. The molecular weight excluding hydrogens is 372 g/mol. The molecule has 0 saturated carbocycles. The summed E-state index contributed by atoms with van der Waals surface area (Å²) in [5.74, 6) is -0.350. The van der Waals surface area contributed by atoms with Gasteiger partial charge in [0, 0.05) is 4.88 Å². The third kappa shape index (κ3) is 3.37. The summed E-state index contributed by atoms with van der Waals surface area (Å²) in [6, 6.07) is 6.70. The molecule has 0 saturated heterocycles. The van der Waals surface area contributed by atoms with Gasteiger partial charge < -0.3 is 5.11 Å². The Balaban J connectivity index is 1.71. The molecule has 5 nitrogen and oxygen atoms in total. The van der Waals surface area contributed by atoms with Gasteiger partial charge in [0.05, 0.1) is 23.8 Å². The first-order valence-electron chi connectivity index (χ1n) is 9.56. The van der Waals surface area contributed by atoms with Gasteiger partial charge in [0.1, 0.15) is 4.83 Å². The first-order valence-corrected chi connectivity index (χ1v) is 10.4. The second-order valence-electron chi connectivity index (χ2n) is 8.67. The van der Waals surface area contributed by atoms with Gasteiger partial charge in [-0.3, -0.25) is 9.36 Å². The van der Waals surface area contributed by atoms with E-state index in [1.807, 2.05) is 6.07 Å². The Bertz CT molecular complexity index is 1120. The SMILES string of the molecule is CC(C)(C)[C@@H]1CCc2c(sc3ncn(Cc4cccc(C(=O)O)c4)c(=O)c23)C1. The fourth-order valence-corrected chi connectivity index (χ4v) is 5.31. The number of carboxylic acid groups (broad SMARTS) is 1. The van der Waals surface area contributed by atoms with Gasteiger partial charge in [0.15, 0.2) is 0 Å². The number of thiophene rings is 1. The van der Waals surface area contributed by atoms with Crippen molar-refractivity contribution in [3.05, 3.63) is 62.5 Å². The monoisotopic (exact) mass is 396 g/mol. The lowest BCUT2D eigenvalue weighted by Gasteiger charge is -2.33. The van der Waals surface area contributed by atoms with Gasteiger partial charge in [-0.25, -0.2) is 9.78 Å². The smallest absolute Gasteiger partial charge is 0.335 e. The maximum Gasteiger partial charge on any atom is 0.335 e. The van der Waals surface area contributed by atoms with Crippen LogP contribution in [0.4, 0.5) is 0 Å². The van der Waals surface area contributed by atoms with Crippen molar-refractivity contribution in [2.24, 2.45) is 11.3 Å². The highest BCUT2D eigenvalue weighted by atomic mass is 32.1. The molecule has 1 N–H and O–H groups in total. The van der Waals surface area contributed by atoms with Gasteiger partial charge in [-0.2, -0.15) is 0 Å². The van der Waals surface area contributed by atoms with Gasteiger partial charge in [0.2, 0.25) is 0 Å². The number of hydrogen-bond donors (Lipinski definition) is 1. The van der Waals surface area contributed by atoms with E-state index in [4.69, 9.17) is 0 Å². The summed E-state index contributed by atoms with van der Waals surface area (Å²) in [6.45, 7) is 7.17. The number of hydrogen-bond acceptors (Lipinski definition) is 4. The van der Waals surface area contributed by atoms with Gasteiger partial charge in [-0.15, -0.1) is 11.3 Å². The zero-order valence-corrected chi connectivity index (χ0v) is 17.2. The Morgan fingerprint density at radius 1 is 1.36 bits per heavy atom. The molecular formula is C22H24N2O3S. The van der Waals surface area contributed by atoms with Crippen molar-refractivity contribution in [3.8, 4) is 0 Å². The summed E-state index contributed by atoms with van der Waals surface area (Å²) in [5.41, 5.74) is 2.40. The average Bonchev–Trinajstić information content (AvgIpc) is 3.02. The first-order chi connectivity index (χ1) is 13.2. The Morgan fingerprint density at radius 2 is 2.14 bits per heavy atom. The summed E-state index contributed by atoms with van der Waals surface area (Å²) >= 11 is 1.65. The molecule has 0 aliphatic heterocycles. The number of rotatable bonds is 3. The normalized spacial score (nSPS) is 16.9. The van der Waals surface area contributed by atoms with E-state index < -0.39 is 5.97 Å². The van der Waals surface area contributed by atoms with Gasteiger partial charge in [-0.05, 0) is 53.9 Å². The van der Waals surface area contributed by atoms with E-state index in [0.29, 0.717) is 12.5 Å². The molecule has 2 aromatic heterocycles. The van der Waals surface area contributed by atoms with Crippen LogP contribution in [0, 0.1) is 11.3 Å². The fourth-order valence-electron chi connectivity index (χ4n) is 4.05. The topological polar surface area (TPSA) is 72.2 Å². The lowest BCUT2D eigenvalue weighted by molar-refractivity contribution is 0.0696. The molecule has 0 spiro atoms. The Hall–Kier alpha value is -2.47. The van der Waals surface area contributed by atoms with Gasteiger partial charge in [0.25, 0.3) is 5.56 Å². The van der Waals surface area contributed by atoms with E-state index in [9.17, 15) is 14.7 Å². The molecule has 1 aromatic carbocycles. The number of benzene rings is 1. The van der Waals surface area contributed by atoms with Crippen molar-refractivity contribution in [2.75, 3.05) is 0 Å². The third-order valence-electron chi connectivity index (χ3n) is 5.79. The second-order valence-corrected chi connectivity index (χ2v) is 9.76. The highest BCUT2D eigenvalue weighted by molar-refractivity contribution is 7.18. The number of fused-ring (bicyclic) bond motifs is 3. The van der Waals surface area contributed by atoms with Crippen LogP contribution >= 0.6 is 11.3 Å². The molecule has 0 bridgehead atoms. The highest BCUT2D eigenvalue weighted by Gasteiger charge is 2.31. The quantitative estimate of drug-likeness (QED) is 0.714. The van der Waals surface area contributed by atoms with Crippen molar-refractivity contribution >= 4 is 27.5 Å². The number of aromatic carboxylic acids is 1. The minimum Gasteiger partial charge on any atom is -0.478 e. The van der Waals surface area contributed by atoms with E-state index in [2.05, 4.69) is 25.8 Å². The molecule has 4 rings (SSSR count). The van der Waals surface area contributed by atoms with Crippen LogP contribution in [-0.2, 0) is 19.4 Å². The zero-order chi connectivity index (χ0) is 20.1. The van der Waals surface area contributed by atoms with Crippen LogP contribution in [0.15, 0.2) is 35.4 Å². The minimum absolute atomic E-state index is 0.0302. The molecule has 0 radical (unpaired) electrons. The minimum atomic E-state index is -0.969. The van der Waals surface area contributed by atoms with Crippen molar-refractivity contribution in [3.63, 3.8) is 0 Å². The van der Waals surface area contributed by atoms with Crippen molar-refractivity contribution in [1.29, 1.82) is 0 Å². The summed E-state index contributed by atoms with van der Waals surface area (Å²) in [6.07, 6.45) is 4.62. The number of carboxylic acids is 1. The predicted molar refractivity (Wildman–Crippen MR) is 111 cm³/mol. The second kappa shape index (κ2) is 6.85. The van der Waals surface area contributed by atoms with Gasteiger partial charge >= 0.3 is 5.97 Å². The summed E-state index contributed by atoms with van der Waals surface area (Å²) in [5, 5.41) is 9.93. The molecule has 146 valence electrons. The predicted octanol–water partition coefficient (Wildman–Crippen LogP) is 4.36. The molecule has 6 heteroatoms. The van der Waals surface area contributed by atoms with Gasteiger partial charge in [-0.1, -0.05) is 32.9 Å². The molecule has 1 aliphatic rings. The molecule has 0 unspecified atom stereocenters. The largest absolute Gasteiger partial charge is 0.478 e. The van der Waals surface area contributed by atoms with E-state index in [-0.39, 0.29) is 16.5 Å². The van der Waals surface area contributed by atoms with Crippen LogP contribution in [-0.4, -0.2) is 20.6 Å². The number of aromatic nitrogens is 2. The van der Waals surface area contributed by atoms with E-state index in [1.54, 1.807) is 40.4 Å². The number of carbonyl (C=O) groups is 1. The van der Waals surface area contributed by atoms with Crippen LogP contribution in [0.2, 0.25) is 0 Å². The number of nitrogens with zero attached hydrogens (tertiary/aromatic N) is 2. The lowest BCUT2D eigenvalue weighted by atomic mass is 9.72. The molecule has 28 heavy (non-hydrogen) atoms. The molecule has 1 atom stereocenters.